The van der Waals surface area contributed by atoms with Gasteiger partial charge in [-0.2, -0.15) is 5.11 Å². The van der Waals surface area contributed by atoms with Crippen LogP contribution in [0.5, 0.6) is 0 Å². The molecule has 2 aliphatic rings. The lowest BCUT2D eigenvalue weighted by Crippen LogP contribution is -2.27. The zero-order chi connectivity index (χ0) is 8.55. The molecule has 0 amide bonds. The predicted molar refractivity (Wildman–Crippen MR) is 64.6 cm³/mol. The van der Waals surface area contributed by atoms with Gasteiger partial charge in [-0.25, -0.2) is 3.22 Å². The fourth-order valence-electron chi connectivity index (χ4n) is 1.80. The Bertz CT molecular complexity index is 197. The topological polar surface area (TPSA) is 28.0 Å². The van der Waals surface area contributed by atoms with E-state index < -0.39 is 0 Å². The highest BCUT2D eigenvalue weighted by atomic mass is 127. The van der Waals surface area contributed by atoms with Crippen LogP contribution in [-0.2, 0) is 0 Å². The molecule has 1 fully saturated rings. The summed E-state index contributed by atoms with van der Waals surface area (Å²) in [5.41, 5.74) is 0. The van der Waals surface area contributed by atoms with Crippen LogP contribution in [0.2, 0.25) is 0 Å². The quantitative estimate of drug-likeness (QED) is 0.355. The van der Waals surface area contributed by atoms with Crippen molar-refractivity contribution in [3.8, 4) is 0 Å². The van der Waals surface area contributed by atoms with E-state index in [4.69, 9.17) is 0 Å². The normalized spacial score (nSPS) is 41.2. The minimum Gasteiger partial charge on any atom is -0.213 e. The van der Waals surface area contributed by atoms with Gasteiger partial charge >= 0.3 is 0 Å². The summed E-state index contributed by atoms with van der Waals surface area (Å²) in [6, 6.07) is 1.08. The minimum absolute atomic E-state index is 0.488. The van der Waals surface area contributed by atoms with Crippen molar-refractivity contribution in [2.24, 2.45) is 10.3 Å². The number of alkyl halides is 1. The van der Waals surface area contributed by atoms with Crippen LogP contribution in [0.15, 0.2) is 10.3 Å². The zero-order valence-corrected chi connectivity index (χ0v) is 11.0. The number of hydrogen-bond donors (Lipinski definition) is 0. The van der Waals surface area contributed by atoms with Crippen molar-refractivity contribution in [3.63, 3.8) is 0 Å². The molecule has 1 saturated carbocycles. The van der Waals surface area contributed by atoms with Crippen molar-refractivity contribution in [2.45, 2.75) is 41.7 Å². The summed E-state index contributed by atoms with van der Waals surface area (Å²) in [6.07, 6.45) is 5.12. The predicted octanol–water partition coefficient (Wildman–Crippen LogP) is 3.13. The summed E-state index contributed by atoms with van der Waals surface area (Å²) in [5.74, 6) is 0. The van der Waals surface area contributed by atoms with Crippen molar-refractivity contribution in [1.82, 2.24) is 3.22 Å². The van der Waals surface area contributed by atoms with E-state index in [9.17, 15) is 0 Å². The number of fused-ring (bicyclic) bond motifs is 1. The van der Waals surface area contributed by atoms with Gasteiger partial charge in [0.25, 0.3) is 0 Å². The largest absolute Gasteiger partial charge is 0.213 e. The molecule has 3 nitrogen and oxygen atoms in total. The third-order valence-electron chi connectivity index (χ3n) is 2.55. The highest BCUT2D eigenvalue weighted by Crippen LogP contribution is 2.34. The number of hydrogen-bond acceptors (Lipinski definition) is 3. The van der Waals surface area contributed by atoms with E-state index in [1.165, 1.54) is 25.7 Å². The minimum atomic E-state index is 0.488. The molecule has 1 aliphatic carbocycles. The molecule has 68 valence electrons. The van der Waals surface area contributed by atoms with Gasteiger partial charge in [0.05, 0.1) is 34.9 Å². The van der Waals surface area contributed by atoms with Crippen LogP contribution in [0.25, 0.3) is 0 Å². The molecule has 0 N–H and O–H groups in total. The summed E-state index contributed by atoms with van der Waals surface area (Å²) in [4.78, 5) is 0. The molecule has 1 aliphatic heterocycles. The zero-order valence-electron chi connectivity index (χ0n) is 6.66. The van der Waals surface area contributed by atoms with Crippen molar-refractivity contribution >= 4 is 45.5 Å². The van der Waals surface area contributed by atoms with Crippen molar-refractivity contribution in [3.05, 3.63) is 0 Å². The van der Waals surface area contributed by atoms with Crippen LogP contribution in [0.4, 0.5) is 0 Å². The molecular weight excluding hydrogens is 380 g/mol. The van der Waals surface area contributed by atoms with Gasteiger partial charge in [0.15, 0.2) is 0 Å². The van der Waals surface area contributed by atoms with Gasteiger partial charge < -0.3 is 0 Å². The first kappa shape index (κ1) is 9.42. The summed E-state index contributed by atoms with van der Waals surface area (Å²) in [6.45, 7) is 0. The molecule has 5 heteroatoms. The first-order valence-corrected chi connectivity index (χ1v) is 6.48. The molecule has 0 saturated heterocycles. The average molecular weight is 391 g/mol. The molecule has 3 unspecified atom stereocenters. The SMILES string of the molecule is IC1CCC2N=NN(I)C2CC1. The average Bonchev–Trinajstić information content (AvgIpc) is 2.28. The van der Waals surface area contributed by atoms with E-state index in [0.29, 0.717) is 12.1 Å². The molecule has 0 aromatic heterocycles. The van der Waals surface area contributed by atoms with Gasteiger partial charge in [0.2, 0.25) is 0 Å². The van der Waals surface area contributed by atoms with Gasteiger partial charge in [-0.15, -0.1) is 0 Å². The molecule has 0 radical (unpaired) electrons. The molecule has 0 spiro atoms. The maximum Gasteiger partial charge on any atom is 0.0959 e. The van der Waals surface area contributed by atoms with E-state index in [1.54, 1.807) is 0 Å². The second-order valence-electron chi connectivity index (χ2n) is 3.38. The fraction of sp³-hybridized carbons (Fsp3) is 1.00. The Labute approximate surface area is 100.0 Å². The molecule has 0 aromatic rings. The Morgan fingerprint density at radius 3 is 2.75 bits per heavy atom. The molecule has 3 atom stereocenters. The van der Waals surface area contributed by atoms with E-state index in [1.807, 2.05) is 3.22 Å². The van der Waals surface area contributed by atoms with Crippen LogP contribution >= 0.6 is 45.5 Å². The van der Waals surface area contributed by atoms with Crippen LogP contribution < -0.4 is 0 Å². The van der Waals surface area contributed by atoms with E-state index >= 15 is 0 Å². The molecule has 12 heavy (non-hydrogen) atoms. The maximum absolute atomic E-state index is 4.27. The number of nitrogens with zero attached hydrogens (tertiary/aromatic N) is 3. The second-order valence-corrected chi connectivity index (χ2v) is 6.13. The maximum atomic E-state index is 4.27. The smallest absolute Gasteiger partial charge is 0.0959 e. The van der Waals surface area contributed by atoms with Crippen LogP contribution in [-0.4, -0.2) is 19.2 Å². The molecule has 1 heterocycles. The van der Waals surface area contributed by atoms with Crippen LogP contribution in [0, 0.1) is 0 Å². The Kier molecular flexibility index (Phi) is 3.09. The van der Waals surface area contributed by atoms with E-state index in [0.717, 1.165) is 3.92 Å². The third kappa shape index (κ3) is 1.85. The van der Waals surface area contributed by atoms with E-state index in [2.05, 4.69) is 55.8 Å². The van der Waals surface area contributed by atoms with Crippen molar-refractivity contribution in [2.75, 3.05) is 0 Å². The first-order valence-electron chi connectivity index (χ1n) is 4.27. The highest BCUT2D eigenvalue weighted by Gasteiger charge is 2.33. The van der Waals surface area contributed by atoms with E-state index in [-0.39, 0.29) is 0 Å². The Balaban J connectivity index is 2.04. The summed E-state index contributed by atoms with van der Waals surface area (Å²) in [7, 11) is 0. The summed E-state index contributed by atoms with van der Waals surface area (Å²) >= 11 is 4.82. The fourth-order valence-corrected chi connectivity index (χ4v) is 3.28. The first-order chi connectivity index (χ1) is 5.77. The van der Waals surface area contributed by atoms with Gasteiger partial charge in [0.1, 0.15) is 0 Å². The van der Waals surface area contributed by atoms with Crippen LogP contribution in [0.3, 0.4) is 0 Å². The lowest BCUT2D eigenvalue weighted by Gasteiger charge is -2.17. The number of rotatable bonds is 0. The second kappa shape index (κ2) is 3.93. The van der Waals surface area contributed by atoms with Crippen molar-refractivity contribution < 1.29 is 0 Å². The van der Waals surface area contributed by atoms with Gasteiger partial charge in [-0.05, 0) is 25.7 Å². The lowest BCUT2D eigenvalue weighted by atomic mass is 10.1. The number of halogens is 2. The Hall–Kier alpha value is 0.860. The standard InChI is InChI=1S/C7H11I2N3/c8-5-1-3-6-7(4-2-5)12(9)11-10-6/h5-7H,1-4H2. The Morgan fingerprint density at radius 1 is 1.17 bits per heavy atom. The van der Waals surface area contributed by atoms with Gasteiger partial charge in [-0.1, -0.05) is 27.8 Å². The van der Waals surface area contributed by atoms with Gasteiger partial charge in [-0.3, -0.25) is 0 Å². The summed E-state index contributed by atoms with van der Waals surface area (Å²) < 4.78 is 2.87. The molecular formula is C7H11I2N3. The summed E-state index contributed by atoms with van der Waals surface area (Å²) in [5, 5.41) is 8.36. The monoisotopic (exact) mass is 391 g/mol. The van der Waals surface area contributed by atoms with Gasteiger partial charge in [0, 0.05) is 3.92 Å². The molecule has 0 aromatic carbocycles. The lowest BCUT2D eigenvalue weighted by molar-refractivity contribution is 0.386. The highest BCUT2D eigenvalue weighted by molar-refractivity contribution is 14.1. The van der Waals surface area contributed by atoms with Crippen molar-refractivity contribution in [1.29, 1.82) is 0 Å². The molecule has 2 rings (SSSR count). The Morgan fingerprint density at radius 2 is 1.92 bits per heavy atom. The molecule has 0 bridgehead atoms. The van der Waals surface area contributed by atoms with Crippen LogP contribution in [0.1, 0.15) is 25.7 Å². The third-order valence-corrected chi connectivity index (χ3v) is 4.71.